The van der Waals surface area contributed by atoms with Crippen LogP contribution in [0.15, 0.2) is 28.8 Å². The van der Waals surface area contributed by atoms with E-state index in [9.17, 15) is 9.90 Å². The van der Waals surface area contributed by atoms with Crippen molar-refractivity contribution in [1.82, 2.24) is 10.5 Å². The standard InChI is InChI=1S/C17H20N2O3/c1-9(15-10(2)19-22-11(15)3)17(21)18-16-13-7-5-4-6-12(13)8-14(16)20/h4-7,9,14,16,20H,8H2,1-3H3,(H,18,21). The van der Waals surface area contributed by atoms with Gasteiger partial charge < -0.3 is 14.9 Å². The van der Waals surface area contributed by atoms with Crippen LogP contribution in [0, 0.1) is 13.8 Å². The number of nitrogens with one attached hydrogen (secondary N) is 1. The van der Waals surface area contributed by atoms with Crippen LogP contribution < -0.4 is 5.32 Å². The summed E-state index contributed by atoms with van der Waals surface area (Å²) in [5.74, 6) is 0.161. The van der Waals surface area contributed by atoms with Crippen LogP contribution >= 0.6 is 0 Å². The van der Waals surface area contributed by atoms with Gasteiger partial charge in [-0.3, -0.25) is 4.79 Å². The molecule has 1 aromatic heterocycles. The van der Waals surface area contributed by atoms with Gasteiger partial charge in [-0.15, -0.1) is 0 Å². The van der Waals surface area contributed by atoms with E-state index in [0.29, 0.717) is 12.2 Å². The fourth-order valence-electron chi connectivity index (χ4n) is 3.27. The smallest absolute Gasteiger partial charge is 0.228 e. The summed E-state index contributed by atoms with van der Waals surface area (Å²) in [6.45, 7) is 5.46. The number of rotatable bonds is 3. The summed E-state index contributed by atoms with van der Waals surface area (Å²) in [4.78, 5) is 12.6. The first kappa shape index (κ1) is 14.8. The summed E-state index contributed by atoms with van der Waals surface area (Å²) in [6, 6.07) is 7.46. The average Bonchev–Trinajstić information content (AvgIpc) is 2.99. The van der Waals surface area contributed by atoms with Crippen molar-refractivity contribution in [3.8, 4) is 0 Å². The predicted molar refractivity (Wildman–Crippen MR) is 81.4 cm³/mol. The number of aromatic nitrogens is 1. The summed E-state index contributed by atoms with van der Waals surface area (Å²) in [6.07, 6.45) is -0.0147. The van der Waals surface area contributed by atoms with Crippen molar-refractivity contribution in [3.05, 3.63) is 52.4 Å². The molecule has 0 aliphatic heterocycles. The lowest BCUT2D eigenvalue weighted by Crippen LogP contribution is -2.36. The lowest BCUT2D eigenvalue weighted by Gasteiger charge is -2.20. The third kappa shape index (κ3) is 2.41. The molecule has 1 amide bonds. The van der Waals surface area contributed by atoms with E-state index >= 15 is 0 Å². The predicted octanol–water partition coefficient (Wildman–Crippen LogP) is 2.17. The molecule has 1 aromatic carbocycles. The van der Waals surface area contributed by atoms with Gasteiger partial charge in [0, 0.05) is 12.0 Å². The number of fused-ring (bicyclic) bond motifs is 1. The first-order chi connectivity index (χ1) is 10.5. The van der Waals surface area contributed by atoms with Gasteiger partial charge in [0.05, 0.1) is 23.8 Å². The summed E-state index contributed by atoms with van der Waals surface area (Å²) in [7, 11) is 0. The van der Waals surface area contributed by atoms with Crippen LogP contribution in [0.2, 0.25) is 0 Å². The molecule has 5 heteroatoms. The molecule has 0 saturated carbocycles. The van der Waals surface area contributed by atoms with Crippen molar-refractivity contribution in [1.29, 1.82) is 0 Å². The lowest BCUT2D eigenvalue weighted by atomic mass is 9.97. The number of hydrogen-bond donors (Lipinski definition) is 2. The quantitative estimate of drug-likeness (QED) is 0.911. The van der Waals surface area contributed by atoms with Crippen molar-refractivity contribution >= 4 is 5.91 Å². The average molecular weight is 300 g/mol. The molecule has 3 rings (SSSR count). The van der Waals surface area contributed by atoms with Crippen molar-refractivity contribution in [2.24, 2.45) is 0 Å². The van der Waals surface area contributed by atoms with Crippen LogP contribution in [0.3, 0.4) is 0 Å². The summed E-state index contributed by atoms with van der Waals surface area (Å²) < 4.78 is 5.13. The maximum absolute atomic E-state index is 12.6. The molecule has 3 unspecified atom stereocenters. The van der Waals surface area contributed by atoms with Gasteiger partial charge in [0.1, 0.15) is 5.76 Å². The van der Waals surface area contributed by atoms with Crippen LogP contribution in [-0.4, -0.2) is 22.3 Å². The van der Waals surface area contributed by atoms with Crippen molar-refractivity contribution in [3.63, 3.8) is 0 Å². The van der Waals surface area contributed by atoms with Crippen LogP contribution in [0.5, 0.6) is 0 Å². The zero-order valence-electron chi connectivity index (χ0n) is 13.0. The Bertz CT molecular complexity index is 688. The lowest BCUT2D eigenvalue weighted by molar-refractivity contribution is -0.123. The fourth-order valence-corrected chi connectivity index (χ4v) is 3.27. The molecule has 1 heterocycles. The Hall–Kier alpha value is -2.14. The Morgan fingerprint density at radius 1 is 1.41 bits per heavy atom. The molecule has 1 aliphatic rings. The van der Waals surface area contributed by atoms with Gasteiger partial charge in [-0.05, 0) is 31.9 Å². The van der Waals surface area contributed by atoms with E-state index in [1.54, 1.807) is 6.92 Å². The minimum absolute atomic E-state index is 0.129. The highest BCUT2D eigenvalue weighted by atomic mass is 16.5. The van der Waals surface area contributed by atoms with Crippen LogP contribution in [0.1, 0.15) is 47.0 Å². The molecule has 116 valence electrons. The number of carbonyl (C=O) groups is 1. The van der Waals surface area contributed by atoms with Gasteiger partial charge in [0.2, 0.25) is 5.91 Å². The summed E-state index contributed by atoms with van der Waals surface area (Å²) in [5, 5.41) is 17.1. The Balaban J connectivity index is 1.80. The zero-order valence-corrected chi connectivity index (χ0v) is 13.0. The number of aryl methyl sites for hydroxylation is 2. The van der Waals surface area contributed by atoms with E-state index in [-0.39, 0.29) is 17.9 Å². The maximum Gasteiger partial charge on any atom is 0.228 e. The molecule has 3 atom stereocenters. The second-order valence-corrected chi connectivity index (χ2v) is 5.92. The second kappa shape index (κ2) is 5.57. The first-order valence-corrected chi connectivity index (χ1v) is 7.48. The van der Waals surface area contributed by atoms with Crippen LogP contribution in [0.25, 0.3) is 0 Å². The molecule has 0 spiro atoms. The largest absolute Gasteiger partial charge is 0.390 e. The Labute approximate surface area is 129 Å². The molecule has 5 nitrogen and oxygen atoms in total. The van der Waals surface area contributed by atoms with E-state index in [0.717, 1.165) is 22.4 Å². The maximum atomic E-state index is 12.6. The van der Waals surface area contributed by atoms with Gasteiger partial charge in [-0.2, -0.15) is 0 Å². The summed E-state index contributed by atoms with van der Waals surface area (Å²) in [5.41, 5.74) is 3.63. The van der Waals surface area contributed by atoms with Gasteiger partial charge in [-0.25, -0.2) is 0 Å². The number of benzene rings is 1. The first-order valence-electron chi connectivity index (χ1n) is 7.48. The monoisotopic (exact) mass is 300 g/mol. The second-order valence-electron chi connectivity index (χ2n) is 5.92. The topological polar surface area (TPSA) is 75.4 Å². The van der Waals surface area contributed by atoms with Crippen molar-refractivity contribution < 1.29 is 14.4 Å². The van der Waals surface area contributed by atoms with Gasteiger partial charge >= 0.3 is 0 Å². The minimum atomic E-state index is -0.585. The summed E-state index contributed by atoms with van der Waals surface area (Å²) >= 11 is 0. The molecule has 1 aliphatic carbocycles. The fraction of sp³-hybridized carbons (Fsp3) is 0.412. The molecular weight excluding hydrogens is 280 g/mol. The van der Waals surface area contributed by atoms with E-state index in [2.05, 4.69) is 10.5 Å². The third-order valence-electron chi connectivity index (χ3n) is 4.42. The van der Waals surface area contributed by atoms with E-state index in [1.165, 1.54) is 0 Å². The zero-order chi connectivity index (χ0) is 15.9. The molecule has 0 radical (unpaired) electrons. The van der Waals surface area contributed by atoms with Gasteiger partial charge in [0.25, 0.3) is 0 Å². The molecule has 2 N–H and O–H groups in total. The Kier molecular flexibility index (Phi) is 3.74. The SMILES string of the molecule is Cc1noc(C)c1C(C)C(=O)NC1c2ccccc2CC1O. The number of carbonyl (C=O) groups excluding carboxylic acids is 1. The third-order valence-corrected chi connectivity index (χ3v) is 4.42. The minimum Gasteiger partial charge on any atom is -0.390 e. The van der Waals surface area contributed by atoms with Gasteiger partial charge in [-0.1, -0.05) is 29.4 Å². The molecule has 0 bridgehead atoms. The highest BCUT2D eigenvalue weighted by Gasteiger charge is 2.33. The van der Waals surface area contributed by atoms with Crippen molar-refractivity contribution in [2.75, 3.05) is 0 Å². The number of hydrogen-bond acceptors (Lipinski definition) is 4. The van der Waals surface area contributed by atoms with E-state index in [4.69, 9.17) is 4.52 Å². The molecule has 0 fully saturated rings. The van der Waals surface area contributed by atoms with Gasteiger partial charge in [0.15, 0.2) is 0 Å². The number of aliphatic hydroxyl groups excluding tert-OH is 1. The highest BCUT2D eigenvalue weighted by molar-refractivity contribution is 5.84. The van der Waals surface area contributed by atoms with Crippen LogP contribution in [0.4, 0.5) is 0 Å². The molecule has 22 heavy (non-hydrogen) atoms. The van der Waals surface area contributed by atoms with E-state index < -0.39 is 6.10 Å². The Morgan fingerprint density at radius 2 is 2.14 bits per heavy atom. The number of aliphatic hydroxyl groups is 1. The number of amides is 1. The normalized spacial score (nSPS) is 21.5. The number of nitrogens with zero attached hydrogens (tertiary/aromatic N) is 1. The van der Waals surface area contributed by atoms with Crippen molar-refractivity contribution in [2.45, 2.75) is 45.3 Å². The molecular formula is C17H20N2O3. The van der Waals surface area contributed by atoms with E-state index in [1.807, 2.05) is 38.1 Å². The molecule has 0 saturated heterocycles. The molecule has 2 aromatic rings. The highest BCUT2D eigenvalue weighted by Crippen LogP contribution is 2.32. The Morgan fingerprint density at radius 3 is 2.82 bits per heavy atom. The van der Waals surface area contributed by atoms with Crippen LogP contribution in [-0.2, 0) is 11.2 Å².